The molecule has 1 aromatic rings. The van der Waals surface area contributed by atoms with Crippen molar-refractivity contribution in [3.8, 4) is 5.75 Å². The van der Waals surface area contributed by atoms with E-state index in [2.05, 4.69) is 20.5 Å². The first-order valence-electron chi connectivity index (χ1n) is 8.21. The highest BCUT2D eigenvalue weighted by Gasteiger charge is 2.52. The number of guanidine groups is 1. The molecule has 1 aromatic carbocycles. The summed E-state index contributed by atoms with van der Waals surface area (Å²) in [5, 5.41) is 16.5. The van der Waals surface area contributed by atoms with Gasteiger partial charge >= 0.3 is 0 Å². The van der Waals surface area contributed by atoms with Crippen molar-refractivity contribution in [2.45, 2.75) is 24.2 Å². The van der Waals surface area contributed by atoms with Crippen molar-refractivity contribution in [2.24, 2.45) is 9.98 Å². The highest BCUT2D eigenvalue weighted by molar-refractivity contribution is 6.30. The molecule has 0 aromatic heterocycles. The van der Waals surface area contributed by atoms with Gasteiger partial charge in [0.2, 0.25) is 5.96 Å². The minimum atomic E-state index is -0.173. The molecule has 2 saturated heterocycles. The Kier molecular flexibility index (Phi) is 3.23. The molecule has 0 amide bonds. The molecule has 4 aliphatic heterocycles. The number of nitrogens with one attached hydrogen (secondary N) is 2. The molecule has 0 bridgehead atoms. The molecule has 3 N–H and O–H groups in total. The van der Waals surface area contributed by atoms with Crippen LogP contribution in [0.3, 0.4) is 0 Å². The fraction of sp³-hybridized carbons (Fsp3) is 0.500. The number of rotatable bonds is 2. The summed E-state index contributed by atoms with van der Waals surface area (Å²) in [7, 11) is 0. The van der Waals surface area contributed by atoms with Gasteiger partial charge in [0.05, 0.1) is 19.2 Å². The van der Waals surface area contributed by atoms with Crippen molar-refractivity contribution in [1.82, 2.24) is 15.5 Å². The first-order valence-corrected chi connectivity index (χ1v) is 8.59. The molecule has 0 aliphatic carbocycles. The lowest BCUT2D eigenvalue weighted by molar-refractivity contribution is 0.0340. The number of halogens is 1. The maximum Gasteiger partial charge on any atom is 0.220 e. The predicted molar refractivity (Wildman–Crippen MR) is 90.9 cm³/mol. The molecule has 8 heteroatoms. The van der Waals surface area contributed by atoms with Crippen LogP contribution in [-0.2, 0) is 0 Å². The number of ether oxygens (including phenoxy) is 1. The van der Waals surface area contributed by atoms with Gasteiger partial charge in [0, 0.05) is 29.7 Å². The van der Waals surface area contributed by atoms with Crippen molar-refractivity contribution in [3.63, 3.8) is 0 Å². The van der Waals surface area contributed by atoms with Crippen molar-refractivity contribution < 1.29 is 9.84 Å². The van der Waals surface area contributed by atoms with Gasteiger partial charge in [-0.05, 0) is 18.2 Å². The van der Waals surface area contributed by atoms with Crippen LogP contribution in [0.2, 0.25) is 5.02 Å². The van der Waals surface area contributed by atoms with Crippen molar-refractivity contribution in [1.29, 1.82) is 0 Å². The number of hydrogen-bond acceptors (Lipinski definition) is 5. The average molecular weight is 348 g/mol. The van der Waals surface area contributed by atoms with E-state index in [1.807, 2.05) is 18.2 Å². The van der Waals surface area contributed by atoms with Gasteiger partial charge in [-0.2, -0.15) is 4.99 Å². The van der Waals surface area contributed by atoms with Crippen LogP contribution in [0, 0.1) is 0 Å². The van der Waals surface area contributed by atoms with Crippen LogP contribution in [0.5, 0.6) is 5.75 Å². The number of nitrogens with zero attached hydrogens (tertiary/aromatic N) is 3. The first kappa shape index (κ1) is 14.5. The fourth-order valence-electron chi connectivity index (χ4n) is 3.78. The van der Waals surface area contributed by atoms with Crippen LogP contribution >= 0.6 is 11.6 Å². The standard InChI is InChI=1S/C16H18ClN5O2/c17-8-1-2-12-9(5-8)13-14(24-12)15(21-16(20-13)18-3-4-23)22-7-10-11(22)6-19-10/h1-2,5,10-11,13-14,19,23H,3-4,6-7H2,(H,18,20). The Morgan fingerprint density at radius 3 is 3.08 bits per heavy atom. The van der Waals surface area contributed by atoms with Crippen molar-refractivity contribution >= 4 is 23.4 Å². The molecule has 4 aliphatic rings. The summed E-state index contributed by atoms with van der Waals surface area (Å²) in [6.45, 7) is 2.26. The van der Waals surface area contributed by atoms with E-state index < -0.39 is 0 Å². The van der Waals surface area contributed by atoms with Crippen LogP contribution in [0.1, 0.15) is 11.6 Å². The zero-order valence-corrected chi connectivity index (χ0v) is 13.7. The molecule has 4 atom stereocenters. The highest BCUT2D eigenvalue weighted by Crippen LogP contribution is 2.42. The second-order valence-corrected chi connectivity index (χ2v) is 6.91. The number of likely N-dealkylation sites (tertiary alicyclic amines) is 1. The molecular formula is C16H18ClN5O2. The van der Waals surface area contributed by atoms with Crippen molar-refractivity contribution in [3.05, 3.63) is 28.8 Å². The van der Waals surface area contributed by atoms with E-state index in [1.54, 1.807) is 0 Å². The number of amidine groups is 1. The third-order valence-corrected chi connectivity index (χ3v) is 5.36. The summed E-state index contributed by atoms with van der Waals surface area (Å²) in [4.78, 5) is 11.3. The Morgan fingerprint density at radius 2 is 2.38 bits per heavy atom. The largest absolute Gasteiger partial charge is 0.480 e. The number of aliphatic hydroxyl groups is 1. The minimum Gasteiger partial charge on any atom is -0.480 e. The summed E-state index contributed by atoms with van der Waals surface area (Å²) in [5.74, 6) is 2.31. The zero-order chi connectivity index (χ0) is 16.3. The zero-order valence-electron chi connectivity index (χ0n) is 12.9. The number of hydrogen-bond donors (Lipinski definition) is 3. The lowest BCUT2D eigenvalue weighted by Crippen LogP contribution is -2.80. The number of fused-ring (bicyclic) bond motifs is 4. The van der Waals surface area contributed by atoms with Gasteiger partial charge in [-0.3, -0.25) is 0 Å². The third-order valence-electron chi connectivity index (χ3n) is 5.13. The topological polar surface area (TPSA) is 81.5 Å². The van der Waals surface area contributed by atoms with E-state index in [9.17, 15) is 0 Å². The second kappa shape index (κ2) is 5.34. The summed E-state index contributed by atoms with van der Waals surface area (Å²) >= 11 is 6.17. The van der Waals surface area contributed by atoms with E-state index in [4.69, 9.17) is 26.4 Å². The van der Waals surface area contributed by atoms with E-state index in [0.29, 0.717) is 29.6 Å². The normalized spacial score (nSPS) is 34.2. The molecular weight excluding hydrogens is 330 g/mol. The predicted octanol–water partition coefficient (Wildman–Crippen LogP) is 0.148. The van der Waals surface area contributed by atoms with Gasteiger partial charge < -0.3 is 25.4 Å². The highest BCUT2D eigenvalue weighted by atomic mass is 35.5. The van der Waals surface area contributed by atoms with Crippen LogP contribution in [0.15, 0.2) is 28.2 Å². The van der Waals surface area contributed by atoms with Crippen LogP contribution in [0.4, 0.5) is 0 Å². The number of piperazine rings is 1. The Bertz CT molecular complexity index is 752. The van der Waals surface area contributed by atoms with Gasteiger partial charge in [-0.15, -0.1) is 0 Å². The SMILES string of the molecule is OCCN=C1N=C(N2CC3NCC32)C2Oc3ccc(Cl)cc3C2N1. The summed E-state index contributed by atoms with van der Waals surface area (Å²) in [6.07, 6.45) is -0.173. The summed E-state index contributed by atoms with van der Waals surface area (Å²) < 4.78 is 6.18. The monoisotopic (exact) mass is 347 g/mol. The molecule has 0 saturated carbocycles. The molecule has 5 rings (SSSR count). The van der Waals surface area contributed by atoms with Gasteiger partial charge in [0.1, 0.15) is 11.8 Å². The molecule has 0 spiro atoms. The Hall–Kier alpha value is -1.83. The van der Waals surface area contributed by atoms with Gasteiger partial charge in [0.25, 0.3) is 0 Å². The lowest BCUT2D eigenvalue weighted by atomic mass is 9.87. The van der Waals surface area contributed by atoms with Crippen LogP contribution in [-0.4, -0.2) is 66.2 Å². The maximum absolute atomic E-state index is 9.05. The smallest absolute Gasteiger partial charge is 0.220 e. The number of aliphatic hydroxyl groups excluding tert-OH is 1. The molecule has 126 valence electrons. The summed E-state index contributed by atoms with van der Waals surface area (Å²) in [5.41, 5.74) is 1.03. The van der Waals surface area contributed by atoms with E-state index in [1.165, 1.54) is 0 Å². The average Bonchev–Trinajstić information content (AvgIpc) is 2.93. The van der Waals surface area contributed by atoms with Gasteiger partial charge in [0.15, 0.2) is 11.9 Å². The van der Waals surface area contributed by atoms with E-state index >= 15 is 0 Å². The Morgan fingerprint density at radius 1 is 1.46 bits per heavy atom. The van der Waals surface area contributed by atoms with Crippen LogP contribution in [0.25, 0.3) is 0 Å². The second-order valence-electron chi connectivity index (χ2n) is 6.48. The first-order chi connectivity index (χ1) is 11.7. The molecule has 24 heavy (non-hydrogen) atoms. The van der Waals surface area contributed by atoms with Gasteiger partial charge in [-0.25, -0.2) is 4.99 Å². The molecule has 4 unspecified atom stereocenters. The number of aliphatic imine (C=N–C) groups is 2. The minimum absolute atomic E-state index is 0.00137. The van der Waals surface area contributed by atoms with Crippen molar-refractivity contribution in [2.75, 3.05) is 26.2 Å². The maximum atomic E-state index is 9.05. The molecule has 2 fully saturated rings. The number of benzene rings is 1. The molecule has 7 nitrogen and oxygen atoms in total. The van der Waals surface area contributed by atoms with Crippen LogP contribution < -0.4 is 15.4 Å². The molecule has 0 radical (unpaired) electrons. The summed E-state index contributed by atoms with van der Waals surface area (Å²) in [6, 6.07) is 6.68. The molecule has 4 heterocycles. The Balaban J connectivity index is 1.52. The quantitative estimate of drug-likeness (QED) is 0.709. The Labute approximate surface area is 144 Å². The van der Waals surface area contributed by atoms with Gasteiger partial charge in [-0.1, -0.05) is 11.6 Å². The van der Waals surface area contributed by atoms with E-state index in [-0.39, 0.29) is 18.8 Å². The lowest BCUT2D eigenvalue weighted by Gasteiger charge is -2.58. The third kappa shape index (κ3) is 2.05. The van der Waals surface area contributed by atoms with E-state index in [0.717, 1.165) is 30.2 Å². The fourth-order valence-corrected chi connectivity index (χ4v) is 3.96.